The topological polar surface area (TPSA) is 85.6 Å². The fourth-order valence-corrected chi connectivity index (χ4v) is 4.65. The van der Waals surface area contributed by atoms with Crippen molar-refractivity contribution in [3.8, 4) is 5.75 Å². The first-order valence-corrected chi connectivity index (χ1v) is 10.8. The van der Waals surface area contributed by atoms with Gasteiger partial charge in [0, 0.05) is 6.04 Å². The lowest BCUT2D eigenvalue weighted by molar-refractivity contribution is 0.0880. The van der Waals surface area contributed by atoms with Crippen LogP contribution in [0.25, 0.3) is 0 Å². The maximum absolute atomic E-state index is 12.5. The third kappa shape index (κ3) is 4.71. The van der Waals surface area contributed by atoms with Crippen molar-refractivity contribution in [1.29, 1.82) is 0 Å². The number of sulfone groups is 1. The Labute approximate surface area is 159 Å². The number of methoxy groups -OCH3 is 1. The number of carbonyl (C=O) groups excluding carboxylic acids is 1. The molecule has 0 unspecified atom stereocenters. The summed E-state index contributed by atoms with van der Waals surface area (Å²) in [6.07, 6.45) is 4.38. The van der Waals surface area contributed by atoms with E-state index in [0.29, 0.717) is 11.7 Å². The maximum Gasteiger partial charge on any atom is 0.287 e. The number of hydrogen-bond donors (Lipinski definition) is 1. The van der Waals surface area contributed by atoms with Gasteiger partial charge in [-0.1, -0.05) is 19.8 Å². The van der Waals surface area contributed by atoms with Crippen LogP contribution in [0.2, 0.25) is 0 Å². The Morgan fingerprint density at radius 2 is 1.85 bits per heavy atom. The molecule has 1 fully saturated rings. The van der Waals surface area contributed by atoms with Crippen molar-refractivity contribution in [3.05, 3.63) is 47.9 Å². The zero-order valence-electron chi connectivity index (χ0n) is 15.6. The van der Waals surface area contributed by atoms with Crippen LogP contribution in [-0.2, 0) is 15.6 Å². The molecule has 1 aliphatic rings. The molecule has 146 valence electrons. The molecule has 3 rings (SSSR count). The van der Waals surface area contributed by atoms with Crippen LogP contribution in [0.1, 0.15) is 48.9 Å². The fourth-order valence-electron chi connectivity index (χ4n) is 3.40. The molecular formula is C20H25NO5S. The lowest BCUT2D eigenvalue weighted by Gasteiger charge is -2.29. The van der Waals surface area contributed by atoms with E-state index < -0.39 is 9.84 Å². The largest absolute Gasteiger partial charge is 0.497 e. The Morgan fingerprint density at radius 3 is 2.52 bits per heavy atom. The summed E-state index contributed by atoms with van der Waals surface area (Å²) < 4.78 is 35.6. The zero-order chi connectivity index (χ0) is 19.4. The lowest BCUT2D eigenvalue weighted by atomic mass is 9.86. The Kier molecular flexibility index (Phi) is 5.89. The zero-order valence-corrected chi connectivity index (χ0v) is 16.4. The third-order valence-electron chi connectivity index (χ3n) is 5.06. The van der Waals surface area contributed by atoms with E-state index in [1.54, 1.807) is 18.2 Å². The molecule has 1 aromatic heterocycles. The van der Waals surface area contributed by atoms with Gasteiger partial charge in [-0.15, -0.1) is 0 Å². The molecule has 1 N–H and O–H groups in total. The molecule has 7 heteroatoms. The van der Waals surface area contributed by atoms with Gasteiger partial charge < -0.3 is 14.5 Å². The number of benzene rings is 1. The molecule has 1 aliphatic carbocycles. The summed E-state index contributed by atoms with van der Waals surface area (Å²) in [5, 5.41) is 3.01. The van der Waals surface area contributed by atoms with Crippen molar-refractivity contribution in [2.75, 3.05) is 7.11 Å². The van der Waals surface area contributed by atoms with Gasteiger partial charge in [0.25, 0.3) is 5.91 Å². The van der Waals surface area contributed by atoms with Crippen LogP contribution < -0.4 is 10.1 Å². The monoisotopic (exact) mass is 391 g/mol. The van der Waals surface area contributed by atoms with Crippen molar-refractivity contribution >= 4 is 15.7 Å². The first kappa shape index (κ1) is 19.5. The van der Waals surface area contributed by atoms with E-state index in [9.17, 15) is 13.2 Å². The molecule has 2 aromatic rings. The van der Waals surface area contributed by atoms with Crippen LogP contribution in [0.3, 0.4) is 0 Å². The van der Waals surface area contributed by atoms with Gasteiger partial charge in [-0.2, -0.15) is 0 Å². The number of furan rings is 1. The molecule has 0 radical (unpaired) electrons. The van der Waals surface area contributed by atoms with Gasteiger partial charge in [-0.25, -0.2) is 8.42 Å². The second-order valence-electron chi connectivity index (χ2n) is 7.04. The van der Waals surface area contributed by atoms with Gasteiger partial charge in [0.1, 0.15) is 17.3 Å². The minimum atomic E-state index is -3.57. The highest BCUT2D eigenvalue weighted by molar-refractivity contribution is 7.90. The molecule has 2 atom stereocenters. The van der Waals surface area contributed by atoms with Gasteiger partial charge in [-0.05, 0) is 55.2 Å². The van der Waals surface area contributed by atoms with Crippen molar-refractivity contribution < 1.29 is 22.4 Å². The number of hydrogen-bond acceptors (Lipinski definition) is 5. The molecule has 27 heavy (non-hydrogen) atoms. The Bertz CT molecular complexity index is 885. The SMILES string of the molecule is COc1ccc(S(=O)(=O)Cc2ccc(C(=O)N[C@@H]3CCCC[C@@H]3C)o2)cc1. The quantitative estimate of drug-likeness (QED) is 0.814. The standard InChI is InChI=1S/C20H25NO5S/c1-14-5-3-4-6-18(14)21-20(22)19-12-9-16(26-19)13-27(23,24)17-10-7-15(25-2)8-11-17/h7-12,14,18H,3-6,13H2,1-2H3,(H,21,22)/t14-,18+/m0/s1. The Morgan fingerprint density at radius 1 is 1.15 bits per heavy atom. The predicted octanol–water partition coefficient (Wildman–Crippen LogP) is 3.57. The van der Waals surface area contributed by atoms with E-state index in [0.717, 1.165) is 19.3 Å². The van der Waals surface area contributed by atoms with Crippen LogP contribution >= 0.6 is 0 Å². The minimum absolute atomic E-state index is 0.142. The fraction of sp³-hybridized carbons (Fsp3) is 0.450. The van der Waals surface area contributed by atoms with E-state index in [1.165, 1.54) is 31.7 Å². The summed E-state index contributed by atoms with van der Waals surface area (Å²) in [5.74, 6) is 0.824. The van der Waals surface area contributed by atoms with Crippen molar-refractivity contribution in [3.63, 3.8) is 0 Å². The first-order chi connectivity index (χ1) is 12.9. The van der Waals surface area contributed by atoms with Crippen molar-refractivity contribution in [2.45, 2.75) is 49.3 Å². The highest BCUT2D eigenvalue weighted by Crippen LogP contribution is 2.25. The molecule has 0 aliphatic heterocycles. The molecule has 1 saturated carbocycles. The number of ether oxygens (including phenoxy) is 1. The van der Waals surface area contributed by atoms with Crippen LogP contribution in [-0.4, -0.2) is 27.5 Å². The highest BCUT2D eigenvalue weighted by Gasteiger charge is 2.25. The normalized spacial score (nSPS) is 20.2. The van der Waals surface area contributed by atoms with Crippen molar-refractivity contribution in [1.82, 2.24) is 5.32 Å². The second kappa shape index (κ2) is 8.17. The van der Waals surface area contributed by atoms with Crippen LogP contribution in [0.5, 0.6) is 5.75 Å². The summed E-state index contributed by atoms with van der Waals surface area (Å²) in [4.78, 5) is 12.6. The minimum Gasteiger partial charge on any atom is -0.497 e. The lowest BCUT2D eigenvalue weighted by Crippen LogP contribution is -2.40. The van der Waals surface area contributed by atoms with E-state index >= 15 is 0 Å². The summed E-state index contributed by atoms with van der Waals surface area (Å²) in [5.41, 5.74) is 0. The van der Waals surface area contributed by atoms with Gasteiger partial charge in [0.05, 0.1) is 12.0 Å². The molecule has 1 amide bonds. The first-order valence-electron chi connectivity index (χ1n) is 9.15. The molecule has 0 bridgehead atoms. The van der Waals surface area contributed by atoms with Crippen LogP contribution in [0.4, 0.5) is 0 Å². The summed E-state index contributed by atoms with van der Waals surface area (Å²) >= 11 is 0. The molecule has 0 saturated heterocycles. The second-order valence-corrected chi connectivity index (χ2v) is 9.03. The van der Waals surface area contributed by atoms with Gasteiger partial charge >= 0.3 is 0 Å². The average molecular weight is 391 g/mol. The van der Waals surface area contributed by atoms with Crippen molar-refractivity contribution in [2.24, 2.45) is 5.92 Å². The van der Waals surface area contributed by atoms with Gasteiger partial charge in [0.2, 0.25) is 0 Å². The van der Waals surface area contributed by atoms with E-state index in [1.807, 2.05) is 0 Å². The predicted molar refractivity (Wildman–Crippen MR) is 101 cm³/mol. The smallest absolute Gasteiger partial charge is 0.287 e. The molecule has 1 heterocycles. The van der Waals surface area contributed by atoms with E-state index in [4.69, 9.17) is 9.15 Å². The van der Waals surface area contributed by atoms with Gasteiger partial charge in [-0.3, -0.25) is 4.79 Å². The molecule has 1 aromatic carbocycles. The Hall–Kier alpha value is -2.28. The van der Waals surface area contributed by atoms with E-state index in [2.05, 4.69) is 12.2 Å². The van der Waals surface area contributed by atoms with Crippen LogP contribution in [0.15, 0.2) is 45.7 Å². The molecular weight excluding hydrogens is 366 g/mol. The Balaban J connectivity index is 1.66. The van der Waals surface area contributed by atoms with E-state index in [-0.39, 0.29) is 34.1 Å². The third-order valence-corrected chi connectivity index (χ3v) is 6.72. The number of rotatable bonds is 6. The number of nitrogens with one attached hydrogen (secondary N) is 1. The summed E-state index contributed by atoms with van der Waals surface area (Å²) in [7, 11) is -2.05. The summed E-state index contributed by atoms with van der Waals surface area (Å²) in [6.45, 7) is 2.14. The van der Waals surface area contributed by atoms with Crippen LogP contribution in [0, 0.1) is 5.92 Å². The highest BCUT2D eigenvalue weighted by atomic mass is 32.2. The average Bonchev–Trinajstić information content (AvgIpc) is 3.11. The number of carbonyl (C=O) groups is 1. The number of amides is 1. The maximum atomic E-state index is 12.5. The van der Waals surface area contributed by atoms with Gasteiger partial charge in [0.15, 0.2) is 15.6 Å². The molecule has 6 nitrogen and oxygen atoms in total. The summed E-state index contributed by atoms with van der Waals surface area (Å²) in [6, 6.07) is 9.40. The molecule has 0 spiro atoms.